The largest absolute Gasteiger partial charge is 0.310 e. The molecule has 9 aromatic rings. The minimum atomic E-state index is -0.124. The van der Waals surface area contributed by atoms with Crippen LogP contribution in [0.15, 0.2) is 212 Å². The molecule has 0 saturated carbocycles. The molecule has 0 aromatic heterocycles. The fourth-order valence-electron chi connectivity index (χ4n) is 10.5. The third-order valence-electron chi connectivity index (χ3n) is 13.5. The van der Waals surface area contributed by atoms with Crippen LogP contribution in [0.5, 0.6) is 0 Å². The van der Waals surface area contributed by atoms with Gasteiger partial charge in [-0.2, -0.15) is 0 Å². The van der Waals surface area contributed by atoms with Crippen molar-refractivity contribution in [1.29, 1.82) is 0 Å². The molecule has 0 N–H and O–H groups in total. The molecular weight excluding hydrogens is 735 g/mol. The molecule has 1 heteroatoms. The van der Waals surface area contributed by atoms with Crippen LogP contribution in [0, 0.1) is 0 Å². The highest BCUT2D eigenvalue weighted by Crippen LogP contribution is 2.54. The standard InChI is InChI=1S/C60H47N/c1-59(2)55-28-15-13-24-49(55)51-37-35-45(39-57(51)59)61(44-34-36-47(40-18-7-5-8-19-40)54(38-44)41-20-9-6-10-21-41)43-32-30-42(31-33-43)46-22-11-12-23-48(46)52-26-17-27-53-50-25-14-16-29-56(50)60(3,4)58(52)53/h5-39H,1-4H3. The van der Waals surface area contributed by atoms with Crippen LogP contribution in [0.3, 0.4) is 0 Å². The zero-order chi connectivity index (χ0) is 41.3. The summed E-state index contributed by atoms with van der Waals surface area (Å²) in [5.74, 6) is 0. The van der Waals surface area contributed by atoms with Gasteiger partial charge in [0.05, 0.1) is 0 Å². The molecular formula is C60H47N. The molecule has 0 radical (unpaired) electrons. The predicted octanol–water partition coefficient (Wildman–Crippen LogP) is 16.4. The van der Waals surface area contributed by atoms with Crippen LogP contribution in [-0.4, -0.2) is 0 Å². The van der Waals surface area contributed by atoms with Gasteiger partial charge in [0, 0.05) is 27.9 Å². The van der Waals surface area contributed by atoms with Gasteiger partial charge in [-0.25, -0.2) is 0 Å². The fourth-order valence-corrected chi connectivity index (χ4v) is 10.5. The van der Waals surface area contributed by atoms with Crippen molar-refractivity contribution in [3.8, 4) is 66.8 Å². The summed E-state index contributed by atoms with van der Waals surface area (Å²) in [5.41, 5.74) is 23.8. The van der Waals surface area contributed by atoms with Crippen molar-refractivity contribution in [2.45, 2.75) is 38.5 Å². The quantitative estimate of drug-likeness (QED) is 0.156. The number of anilines is 3. The maximum Gasteiger partial charge on any atom is 0.0468 e. The molecule has 1 nitrogen and oxygen atoms in total. The SMILES string of the molecule is CC1(C)c2ccccc2-c2ccc(N(c3ccc(-c4ccccc4-c4cccc5c4C(C)(C)c4ccccc4-5)cc3)c3ccc(-c4ccccc4)c(-c4ccccc4)c3)cc21. The van der Waals surface area contributed by atoms with Crippen LogP contribution in [0.4, 0.5) is 17.1 Å². The Balaban J connectivity index is 1.06. The zero-order valence-electron chi connectivity index (χ0n) is 35.2. The summed E-state index contributed by atoms with van der Waals surface area (Å²) in [6.45, 7) is 9.48. The lowest BCUT2D eigenvalue weighted by molar-refractivity contribution is 0.660. The summed E-state index contributed by atoms with van der Waals surface area (Å²) in [7, 11) is 0. The Hall–Kier alpha value is -7.22. The molecule has 292 valence electrons. The number of hydrogen-bond donors (Lipinski definition) is 0. The van der Waals surface area contributed by atoms with Crippen molar-refractivity contribution in [2.24, 2.45) is 0 Å². The number of benzene rings is 9. The average molecular weight is 782 g/mol. The molecule has 9 aromatic carbocycles. The van der Waals surface area contributed by atoms with Crippen LogP contribution in [-0.2, 0) is 10.8 Å². The van der Waals surface area contributed by atoms with Crippen molar-refractivity contribution < 1.29 is 0 Å². The summed E-state index contributed by atoms with van der Waals surface area (Å²) in [4.78, 5) is 2.44. The lowest BCUT2D eigenvalue weighted by Crippen LogP contribution is -2.16. The second-order valence-corrected chi connectivity index (χ2v) is 17.7. The van der Waals surface area contributed by atoms with Crippen LogP contribution in [0.1, 0.15) is 49.9 Å². The summed E-state index contributed by atoms with van der Waals surface area (Å²) in [5, 5.41) is 0. The van der Waals surface area contributed by atoms with E-state index in [0.29, 0.717) is 0 Å². The van der Waals surface area contributed by atoms with E-state index in [-0.39, 0.29) is 10.8 Å². The van der Waals surface area contributed by atoms with E-state index in [1.165, 1.54) is 89.0 Å². The Bertz CT molecular complexity index is 3120. The topological polar surface area (TPSA) is 3.24 Å². The Kier molecular flexibility index (Phi) is 8.58. The minimum absolute atomic E-state index is 0.111. The van der Waals surface area contributed by atoms with E-state index >= 15 is 0 Å². The molecule has 0 aliphatic heterocycles. The van der Waals surface area contributed by atoms with E-state index in [1.807, 2.05) is 0 Å². The maximum atomic E-state index is 2.44. The molecule has 0 spiro atoms. The highest BCUT2D eigenvalue weighted by molar-refractivity contribution is 5.94. The lowest BCUT2D eigenvalue weighted by atomic mass is 9.78. The summed E-state index contributed by atoms with van der Waals surface area (Å²) < 4.78 is 0. The zero-order valence-corrected chi connectivity index (χ0v) is 35.2. The molecule has 0 fully saturated rings. The summed E-state index contributed by atoms with van der Waals surface area (Å²) >= 11 is 0. The van der Waals surface area contributed by atoms with E-state index in [1.54, 1.807) is 0 Å². The predicted molar refractivity (Wildman–Crippen MR) is 258 cm³/mol. The minimum Gasteiger partial charge on any atom is -0.310 e. The first-order valence-corrected chi connectivity index (χ1v) is 21.5. The van der Waals surface area contributed by atoms with Gasteiger partial charge in [0.15, 0.2) is 0 Å². The van der Waals surface area contributed by atoms with Gasteiger partial charge in [0.25, 0.3) is 0 Å². The molecule has 0 bridgehead atoms. The highest BCUT2D eigenvalue weighted by Gasteiger charge is 2.38. The van der Waals surface area contributed by atoms with Gasteiger partial charge >= 0.3 is 0 Å². The van der Waals surface area contributed by atoms with Crippen LogP contribution < -0.4 is 4.90 Å². The van der Waals surface area contributed by atoms with E-state index in [9.17, 15) is 0 Å². The van der Waals surface area contributed by atoms with Gasteiger partial charge in [0.2, 0.25) is 0 Å². The normalized spacial score (nSPS) is 13.8. The number of rotatable bonds is 7. The Morgan fingerprint density at radius 2 is 0.672 bits per heavy atom. The highest BCUT2D eigenvalue weighted by atomic mass is 15.1. The Morgan fingerprint density at radius 1 is 0.262 bits per heavy atom. The second-order valence-electron chi connectivity index (χ2n) is 17.7. The third-order valence-corrected chi connectivity index (χ3v) is 13.5. The van der Waals surface area contributed by atoms with Gasteiger partial charge in [-0.05, 0) is 125 Å². The molecule has 2 aliphatic rings. The van der Waals surface area contributed by atoms with E-state index in [0.717, 1.165) is 17.1 Å². The van der Waals surface area contributed by atoms with Gasteiger partial charge in [-0.15, -0.1) is 0 Å². The first-order chi connectivity index (χ1) is 29.8. The van der Waals surface area contributed by atoms with E-state index in [4.69, 9.17) is 0 Å². The second kappa shape index (κ2) is 14.2. The van der Waals surface area contributed by atoms with Gasteiger partial charge in [-0.3, -0.25) is 0 Å². The Labute approximate surface area is 360 Å². The average Bonchev–Trinajstić information content (AvgIpc) is 3.69. The maximum absolute atomic E-state index is 2.44. The van der Waals surface area contributed by atoms with Crippen molar-refractivity contribution in [3.63, 3.8) is 0 Å². The molecule has 0 amide bonds. The van der Waals surface area contributed by atoms with E-state index in [2.05, 4.69) is 245 Å². The molecule has 0 saturated heterocycles. The van der Waals surface area contributed by atoms with Crippen molar-refractivity contribution in [3.05, 3.63) is 235 Å². The van der Waals surface area contributed by atoms with Crippen LogP contribution >= 0.6 is 0 Å². The van der Waals surface area contributed by atoms with E-state index < -0.39 is 0 Å². The van der Waals surface area contributed by atoms with Crippen LogP contribution in [0.25, 0.3) is 66.8 Å². The monoisotopic (exact) mass is 781 g/mol. The number of nitrogens with zero attached hydrogens (tertiary/aromatic N) is 1. The molecule has 2 aliphatic carbocycles. The molecule has 61 heavy (non-hydrogen) atoms. The van der Waals surface area contributed by atoms with Crippen molar-refractivity contribution in [1.82, 2.24) is 0 Å². The molecule has 0 heterocycles. The first-order valence-electron chi connectivity index (χ1n) is 21.5. The summed E-state index contributed by atoms with van der Waals surface area (Å²) in [6, 6.07) is 78.4. The van der Waals surface area contributed by atoms with Gasteiger partial charge in [0.1, 0.15) is 0 Å². The first kappa shape index (κ1) is 36.8. The Morgan fingerprint density at radius 3 is 1.33 bits per heavy atom. The number of fused-ring (bicyclic) bond motifs is 6. The van der Waals surface area contributed by atoms with Gasteiger partial charge in [-0.1, -0.05) is 204 Å². The summed E-state index contributed by atoms with van der Waals surface area (Å²) in [6.07, 6.45) is 0. The van der Waals surface area contributed by atoms with Gasteiger partial charge < -0.3 is 4.90 Å². The molecule has 0 unspecified atom stereocenters. The lowest BCUT2D eigenvalue weighted by Gasteiger charge is -2.29. The number of hydrogen-bond acceptors (Lipinski definition) is 1. The van der Waals surface area contributed by atoms with Crippen molar-refractivity contribution in [2.75, 3.05) is 4.90 Å². The van der Waals surface area contributed by atoms with Crippen molar-refractivity contribution >= 4 is 17.1 Å². The smallest absolute Gasteiger partial charge is 0.0468 e. The molecule has 11 rings (SSSR count). The fraction of sp³-hybridized carbons (Fsp3) is 0.100. The third kappa shape index (κ3) is 5.91. The van der Waals surface area contributed by atoms with Crippen LogP contribution in [0.2, 0.25) is 0 Å². The molecule has 0 atom stereocenters.